The zero-order valence-corrected chi connectivity index (χ0v) is 12.4. The van der Waals surface area contributed by atoms with E-state index in [9.17, 15) is 0 Å². The number of unbranched alkanes of at least 4 members (excludes halogenated alkanes) is 1. The summed E-state index contributed by atoms with van der Waals surface area (Å²) in [4.78, 5) is 8.63. The second kappa shape index (κ2) is 7.85. The maximum Gasteiger partial charge on any atom is 0.215 e. The van der Waals surface area contributed by atoms with Gasteiger partial charge in [-0.05, 0) is 24.6 Å². The lowest BCUT2D eigenvalue weighted by atomic mass is 10.0. The molecule has 0 bridgehead atoms. The Kier molecular flexibility index (Phi) is 5.81. The smallest absolute Gasteiger partial charge is 0.215 e. The van der Waals surface area contributed by atoms with E-state index < -0.39 is 0 Å². The predicted molar refractivity (Wildman–Crippen MR) is 83.0 cm³/mol. The summed E-state index contributed by atoms with van der Waals surface area (Å²) in [6, 6.07) is 7.74. The maximum absolute atomic E-state index is 5.76. The van der Waals surface area contributed by atoms with Gasteiger partial charge in [0.2, 0.25) is 5.88 Å². The van der Waals surface area contributed by atoms with Gasteiger partial charge in [-0.1, -0.05) is 37.4 Å². The molecule has 3 nitrogen and oxygen atoms in total. The van der Waals surface area contributed by atoms with E-state index >= 15 is 0 Å². The molecule has 106 valence electrons. The van der Waals surface area contributed by atoms with Crippen molar-refractivity contribution in [3.63, 3.8) is 0 Å². The largest absolute Gasteiger partial charge is 0.477 e. The van der Waals surface area contributed by atoms with Crippen LogP contribution in [0.1, 0.15) is 26.2 Å². The molecule has 2 aromatic heterocycles. The van der Waals surface area contributed by atoms with Crippen molar-refractivity contribution < 1.29 is 4.74 Å². The van der Waals surface area contributed by atoms with Gasteiger partial charge in [-0.15, -0.1) is 0 Å². The summed E-state index contributed by atoms with van der Waals surface area (Å²) in [6.45, 7) is 2.77. The van der Waals surface area contributed by atoms with Crippen LogP contribution in [0.25, 0.3) is 11.0 Å². The van der Waals surface area contributed by atoms with Gasteiger partial charge in [0.1, 0.15) is 0 Å². The summed E-state index contributed by atoms with van der Waals surface area (Å²) in [6.07, 6.45) is 7.13. The lowest BCUT2D eigenvalue weighted by Gasteiger charge is -2.13. The molecule has 0 aliphatic heterocycles. The molecule has 0 amide bonds. The lowest BCUT2D eigenvalue weighted by molar-refractivity contribution is 0.258. The van der Waals surface area contributed by atoms with E-state index in [0.717, 1.165) is 11.8 Å². The Hall–Kier alpha value is -1.61. The average Bonchev–Trinajstić information content (AvgIpc) is 2.50. The summed E-state index contributed by atoms with van der Waals surface area (Å²) in [5.41, 5.74) is 2.28. The number of halogens is 1. The van der Waals surface area contributed by atoms with Gasteiger partial charge in [-0.3, -0.25) is 0 Å². The van der Waals surface area contributed by atoms with E-state index in [1.165, 1.54) is 12.8 Å². The van der Waals surface area contributed by atoms with Crippen LogP contribution in [0.5, 0.6) is 5.88 Å². The van der Waals surface area contributed by atoms with Crippen LogP contribution in [0.3, 0.4) is 0 Å². The zero-order valence-electron chi connectivity index (χ0n) is 11.6. The van der Waals surface area contributed by atoms with Crippen molar-refractivity contribution in [2.75, 3.05) is 6.61 Å². The highest BCUT2D eigenvalue weighted by atomic mass is 35.5. The fraction of sp³-hybridized carbons (Fsp3) is 0.375. The van der Waals surface area contributed by atoms with Gasteiger partial charge in [0, 0.05) is 29.1 Å². The van der Waals surface area contributed by atoms with Gasteiger partial charge >= 0.3 is 0 Å². The highest BCUT2D eigenvalue weighted by Crippen LogP contribution is 2.17. The number of fused-ring (bicyclic) bond motifs is 1. The fourth-order valence-corrected chi connectivity index (χ4v) is 2.22. The van der Waals surface area contributed by atoms with Gasteiger partial charge in [0.15, 0.2) is 5.65 Å². The van der Waals surface area contributed by atoms with Gasteiger partial charge in [0.25, 0.3) is 0 Å². The molecule has 0 fully saturated rings. The molecule has 2 rings (SSSR count). The van der Waals surface area contributed by atoms with Crippen molar-refractivity contribution in [1.29, 1.82) is 0 Å². The number of ether oxygens (including phenoxy) is 1. The van der Waals surface area contributed by atoms with Crippen LogP contribution in [0, 0.1) is 5.92 Å². The number of aromatic nitrogens is 2. The predicted octanol–water partition coefficient (Wildman–Crippen LogP) is 4.57. The Labute approximate surface area is 124 Å². The first-order chi connectivity index (χ1) is 9.83. The summed E-state index contributed by atoms with van der Waals surface area (Å²) in [5.74, 6) is 0.939. The molecular formula is C16H19ClN2O. The first-order valence-corrected chi connectivity index (χ1v) is 7.38. The molecule has 0 N–H and O–H groups in total. The highest BCUT2D eigenvalue weighted by Gasteiger charge is 2.07. The lowest BCUT2D eigenvalue weighted by Crippen LogP contribution is -2.10. The second-order valence-corrected chi connectivity index (χ2v) is 4.98. The van der Waals surface area contributed by atoms with Gasteiger partial charge < -0.3 is 4.74 Å². The van der Waals surface area contributed by atoms with Gasteiger partial charge in [-0.2, -0.15) is 4.98 Å². The van der Waals surface area contributed by atoms with E-state index in [1.54, 1.807) is 11.7 Å². The summed E-state index contributed by atoms with van der Waals surface area (Å²) in [5, 5.41) is 1.02. The number of pyridine rings is 2. The molecule has 0 saturated heterocycles. The molecule has 1 atom stereocenters. The monoisotopic (exact) mass is 290 g/mol. The highest BCUT2D eigenvalue weighted by molar-refractivity contribution is 6.25. The molecule has 2 heterocycles. The van der Waals surface area contributed by atoms with Crippen molar-refractivity contribution in [3.05, 3.63) is 42.1 Å². The third-order valence-corrected chi connectivity index (χ3v) is 3.30. The molecule has 20 heavy (non-hydrogen) atoms. The molecule has 0 spiro atoms. The zero-order chi connectivity index (χ0) is 14.2. The molecule has 0 saturated carbocycles. The first kappa shape index (κ1) is 14.8. The van der Waals surface area contributed by atoms with E-state index in [0.29, 0.717) is 24.1 Å². The average molecular weight is 291 g/mol. The van der Waals surface area contributed by atoms with E-state index in [4.69, 9.17) is 16.3 Å². The summed E-state index contributed by atoms with van der Waals surface area (Å²) < 4.78 is 5.76. The summed E-state index contributed by atoms with van der Waals surface area (Å²) >= 11 is 5.67. The van der Waals surface area contributed by atoms with Crippen LogP contribution in [0.15, 0.2) is 42.1 Å². The van der Waals surface area contributed by atoms with Crippen molar-refractivity contribution in [1.82, 2.24) is 9.97 Å². The van der Waals surface area contributed by atoms with Gasteiger partial charge in [0.05, 0.1) is 6.61 Å². The standard InChI is InChI=1S/C16H19ClN2O/c1-2-3-5-13(9-10-17)12-20-15-8-7-14-6-4-11-18-16(14)19-15/h4,6-11,13H,2-3,5,12H2,1H3. The minimum Gasteiger partial charge on any atom is -0.477 e. The molecule has 1 unspecified atom stereocenters. The van der Waals surface area contributed by atoms with Crippen LogP contribution in [-0.2, 0) is 0 Å². The second-order valence-electron chi connectivity index (χ2n) is 4.73. The van der Waals surface area contributed by atoms with Crippen molar-refractivity contribution in [3.8, 4) is 5.88 Å². The van der Waals surface area contributed by atoms with Crippen molar-refractivity contribution in [2.24, 2.45) is 5.92 Å². The molecule has 0 aliphatic rings. The molecule has 2 aromatic rings. The van der Waals surface area contributed by atoms with Gasteiger partial charge in [-0.25, -0.2) is 4.98 Å². The molecule has 0 aromatic carbocycles. The Morgan fingerprint density at radius 2 is 2.25 bits per heavy atom. The Bertz CT molecular complexity index is 571. The third kappa shape index (κ3) is 4.20. The van der Waals surface area contributed by atoms with Crippen LogP contribution >= 0.6 is 11.6 Å². The van der Waals surface area contributed by atoms with E-state index in [-0.39, 0.29) is 0 Å². The van der Waals surface area contributed by atoms with E-state index in [1.807, 2.05) is 30.3 Å². The summed E-state index contributed by atoms with van der Waals surface area (Å²) in [7, 11) is 0. The van der Waals surface area contributed by atoms with Crippen LogP contribution in [-0.4, -0.2) is 16.6 Å². The minimum absolute atomic E-state index is 0.327. The number of hydrogen-bond donors (Lipinski definition) is 0. The van der Waals surface area contributed by atoms with Crippen LogP contribution in [0.4, 0.5) is 0 Å². The molecular weight excluding hydrogens is 272 g/mol. The fourth-order valence-electron chi connectivity index (χ4n) is 2.01. The normalized spacial score (nSPS) is 12.9. The molecule has 4 heteroatoms. The van der Waals surface area contributed by atoms with Crippen LogP contribution < -0.4 is 4.74 Å². The Balaban J connectivity index is 1.99. The van der Waals surface area contributed by atoms with Crippen LogP contribution in [0.2, 0.25) is 0 Å². The number of hydrogen-bond acceptors (Lipinski definition) is 3. The number of nitrogens with zero attached hydrogens (tertiary/aromatic N) is 2. The first-order valence-electron chi connectivity index (χ1n) is 6.95. The van der Waals surface area contributed by atoms with Crippen molar-refractivity contribution in [2.45, 2.75) is 26.2 Å². The molecule has 0 aliphatic carbocycles. The number of rotatable bonds is 7. The topological polar surface area (TPSA) is 35.0 Å². The molecule has 0 radical (unpaired) electrons. The van der Waals surface area contributed by atoms with Crippen molar-refractivity contribution >= 4 is 22.6 Å². The van der Waals surface area contributed by atoms with E-state index in [2.05, 4.69) is 16.9 Å². The third-order valence-electron chi connectivity index (χ3n) is 3.16. The minimum atomic E-state index is 0.327. The maximum atomic E-state index is 5.76. The Morgan fingerprint density at radius 1 is 1.35 bits per heavy atom. The SMILES string of the molecule is CCCCC(C=CCl)COc1ccc2cccnc2n1. The Morgan fingerprint density at radius 3 is 3.05 bits per heavy atom. The quantitative estimate of drug-likeness (QED) is 0.749.